The zero-order valence-corrected chi connectivity index (χ0v) is 22.9. The minimum Gasteiger partial charge on any atom is -0.489 e. The number of halogens is 1. The first kappa shape index (κ1) is 27.0. The summed E-state index contributed by atoms with van der Waals surface area (Å²) in [5, 5.41) is 11.7. The van der Waals surface area contributed by atoms with E-state index in [1.165, 1.54) is 17.3 Å². The molecule has 9 heteroatoms. The molecule has 0 radical (unpaired) electrons. The maximum Gasteiger partial charge on any atom is 0.273 e. The Morgan fingerprint density at radius 1 is 1.18 bits per heavy atom. The van der Waals surface area contributed by atoms with Gasteiger partial charge in [0.1, 0.15) is 23.3 Å². The summed E-state index contributed by atoms with van der Waals surface area (Å²) in [5.74, 6) is -0.730. The van der Waals surface area contributed by atoms with Crippen LogP contribution in [0.25, 0.3) is 0 Å². The Labute approximate surface area is 237 Å². The molecule has 1 atom stereocenters. The molecule has 0 saturated carbocycles. The maximum absolute atomic E-state index is 13.7. The van der Waals surface area contributed by atoms with Crippen molar-refractivity contribution in [3.05, 3.63) is 117 Å². The molecule has 2 aliphatic rings. The lowest BCUT2D eigenvalue weighted by atomic mass is 9.69. The van der Waals surface area contributed by atoms with Crippen molar-refractivity contribution in [2.24, 2.45) is 11.1 Å². The summed E-state index contributed by atoms with van der Waals surface area (Å²) >= 11 is 6.15. The average Bonchev–Trinajstić information content (AvgIpc) is 2.93. The van der Waals surface area contributed by atoms with Crippen LogP contribution in [-0.2, 0) is 11.4 Å². The zero-order chi connectivity index (χ0) is 28.4. The molecule has 40 heavy (non-hydrogen) atoms. The van der Waals surface area contributed by atoms with Crippen LogP contribution in [-0.4, -0.2) is 21.7 Å². The van der Waals surface area contributed by atoms with Crippen LogP contribution < -0.4 is 15.9 Å². The van der Waals surface area contributed by atoms with Crippen molar-refractivity contribution in [2.75, 3.05) is 0 Å². The van der Waals surface area contributed by atoms with Crippen LogP contribution in [0.4, 0.5) is 0 Å². The third kappa shape index (κ3) is 5.29. The molecule has 8 nitrogen and oxygen atoms in total. The topological polar surface area (TPSA) is 121 Å². The van der Waals surface area contributed by atoms with Crippen LogP contribution in [0.2, 0.25) is 5.15 Å². The second kappa shape index (κ2) is 10.9. The largest absolute Gasteiger partial charge is 0.489 e. The molecule has 0 saturated heterocycles. The van der Waals surface area contributed by atoms with Gasteiger partial charge < -0.3 is 10.5 Å². The van der Waals surface area contributed by atoms with Gasteiger partial charge in [0.25, 0.3) is 5.91 Å². The second-order valence-corrected chi connectivity index (χ2v) is 11.0. The summed E-state index contributed by atoms with van der Waals surface area (Å²) in [5.41, 5.74) is 12.0. The van der Waals surface area contributed by atoms with Gasteiger partial charge in [-0.25, -0.2) is 9.99 Å². The van der Waals surface area contributed by atoms with E-state index in [-0.39, 0.29) is 33.3 Å². The summed E-state index contributed by atoms with van der Waals surface area (Å²) < 4.78 is 6.03. The Morgan fingerprint density at radius 3 is 2.67 bits per heavy atom. The highest BCUT2D eigenvalue weighted by Crippen LogP contribution is 2.48. The fourth-order valence-corrected chi connectivity index (χ4v) is 5.42. The number of Topliss-reactive ketones (excluding diaryl/α,β-unsaturated/α-hetero) is 1. The number of nitrogens with two attached hydrogens (primary N) is 1. The van der Waals surface area contributed by atoms with Crippen molar-refractivity contribution in [3.63, 3.8) is 0 Å². The number of nitrogens with zero attached hydrogens (tertiary/aromatic N) is 3. The number of nitriles is 1. The van der Waals surface area contributed by atoms with Gasteiger partial charge in [0.15, 0.2) is 5.78 Å². The molecule has 1 aliphatic heterocycles. The van der Waals surface area contributed by atoms with Gasteiger partial charge in [-0.05, 0) is 47.2 Å². The highest BCUT2D eigenvalue weighted by molar-refractivity contribution is 6.32. The van der Waals surface area contributed by atoms with Gasteiger partial charge in [-0.1, -0.05) is 67.9 Å². The number of hydrazine groups is 1. The molecule has 5 rings (SSSR count). The molecule has 2 heterocycles. The number of benzene rings is 2. The lowest BCUT2D eigenvalue weighted by Gasteiger charge is -2.43. The van der Waals surface area contributed by atoms with Gasteiger partial charge in [-0.15, -0.1) is 0 Å². The SMILES string of the molecule is CC1(C)CC(=O)C2=C(C1)N(NC(=O)c1cccnc1Cl)C(N)=C(C#N)C2c1cccc(OCc2ccccc2)c1. The molecule has 0 spiro atoms. The van der Waals surface area contributed by atoms with Gasteiger partial charge >= 0.3 is 0 Å². The highest BCUT2D eigenvalue weighted by atomic mass is 35.5. The monoisotopic (exact) mass is 553 g/mol. The Bertz CT molecular complexity index is 1590. The van der Waals surface area contributed by atoms with Crippen molar-refractivity contribution in [1.29, 1.82) is 5.26 Å². The van der Waals surface area contributed by atoms with Gasteiger partial charge in [-0.3, -0.25) is 15.0 Å². The quantitative estimate of drug-likeness (QED) is 0.392. The molecule has 3 N–H and O–H groups in total. The Hall–Kier alpha value is -4.61. The Morgan fingerprint density at radius 2 is 1.95 bits per heavy atom. The lowest BCUT2D eigenvalue weighted by Crippen LogP contribution is -2.50. The number of hydrogen-bond acceptors (Lipinski definition) is 7. The summed E-state index contributed by atoms with van der Waals surface area (Å²) in [6.45, 7) is 4.34. The van der Waals surface area contributed by atoms with Crippen LogP contribution in [0.3, 0.4) is 0 Å². The molecule has 1 aliphatic carbocycles. The van der Waals surface area contributed by atoms with E-state index in [1.54, 1.807) is 6.07 Å². The minimum atomic E-state index is -0.709. The summed E-state index contributed by atoms with van der Waals surface area (Å²) in [7, 11) is 0. The van der Waals surface area contributed by atoms with Crippen LogP contribution in [0.5, 0.6) is 5.75 Å². The number of hydrogen-bond donors (Lipinski definition) is 2. The van der Waals surface area contributed by atoms with E-state index in [4.69, 9.17) is 22.1 Å². The van der Waals surface area contributed by atoms with Gasteiger partial charge in [0.2, 0.25) is 0 Å². The number of amides is 1. The average molecular weight is 554 g/mol. The number of aromatic nitrogens is 1. The van der Waals surface area contributed by atoms with E-state index in [9.17, 15) is 14.9 Å². The van der Waals surface area contributed by atoms with Crippen molar-refractivity contribution < 1.29 is 14.3 Å². The third-order valence-corrected chi connectivity index (χ3v) is 7.34. The molecule has 1 aromatic heterocycles. The van der Waals surface area contributed by atoms with Crippen LogP contribution in [0, 0.1) is 16.7 Å². The number of carbonyl (C=O) groups excluding carboxylic acids is 2. The normalized spacial score (nSPS) is 18.2. The van der Waals surface area contributed by atoms with Crippen molar-refractivity contribution >= 4 is 23.3 Å². The number of ketones is 1. The minimum absolute atomic E-state index is 0.0273. The molecule has 1 amide bonds. The number of carbonyl (C=O) groups is 2. The summed E-state index contributed by atoms with van der Waals surface area (Å²) in [4.78, 5) is 30.9. The molecule has 202 valence electrons. The predicted octanol–water partition coefficient (Wildman–Crippen LogP) is 5.40. The summed E-state index contributed by atoms with van der Waals surface area (Å²) in [6.07, 6.45) is 2.23. The Balaban J connectivity index is 1.56. The number of pyridine rings is 1. The molecular formula is C31H28ClN5O3. The maximum atomic E-state index is 13.7. The zero-order valence-electron chi connectivity index (χ0n) is 22.1. The van der Waals surface area contributed by atoms with Crippen LogP contribution in [0.15, 0.2) is 95.6 Å². The number of ether oxygens (including phenoxy) is 1. The number of rotatable bonds is 6. The number of allylic oxidation sites excluding steroid dienone is 3. The van der Waals surface area contributed by atoms with Crippen molar-refractivity contribution in [1.82, 2.24) is 15.4 Å². The van der Waals surface area contributed by atoms with Crippen molar-refractivity contribution in [3.8, 4) is 11.8 Å². The molecule has 0 bridgehead atoms. The predicted molar refractivity (Wildman–Crippen MR) is 150 cm³/mol. The molecule has 0 fully saturated rings. The number of nitrogens with one attached hydrogen (secondary N) is 1. The lowest BCUT2D eigenvalue weighted by molar-refractivity contribution is -0.118. The van der Waals surface area contributed by atoms with Gasteiger partial charge in [0, 0.05) is 18.2 Å². The van der Waals surface area contributed by atoms with E-state index in [0.717, 1.165) is 5.56 Å². The summed E-state index contributed by atoms with van der Waals surface area (Å²) in [6, 6.07) is 22.5. The first-order chi connectivity index (χ1) is 19.2. The molecular weight excluding hydrogens is 526 g/mol. The molecule has 3 aromatic rings. The van der Waals surface area contributed by atoms with E-state index >= 15 is 0 Å². The Kier molecular flexibility index (Phi) is 7.33. The molecule has 1 unspecified atom stereocenters. The van der Waals surface area contributed by atoms with E-state index < -0.39 is 11.8 Å². The first-order valence-corrected chi connectivity index (χ1v) is 13.2. The van der Waals surface area contributed by atoms with E-state index in [2.05, 4.69) is 16.5 Å². The van der Waals surface area contributed by atoms with E-state index in [1.807, 2.05) is 68.4 Å². The standard InChI is InChI=1S/C31H28ClN5O3/c1-31(2)15-24-27(25(38)16-31)26(20-10-6-11-21(14-20)40-18-19-8-4-3-5-9-19)23(17-33)29(34)37(24)36-30(39)22-12-7-13-35-28(22)32/h3-14,26H,15-16,18,34H2,1-2H3,(H,36,39). The van der Waals surface area contributed by atoms with Crippen LogP contribution in [0.1, 0.15) is 54.1 Å². The fourth-order valence-electron chi connectivity index (χ4n) is 5.21. The fraction of sp³-hybridized carbons (Fsp3) is 0.226. The van der Waals surface area contributed by atoms with Gasteiger partial charge in [0.05, 0.1) is 28.8 Å². The smallest absolute Gasteiger partial charge is 0.273 e. The third-order valence-electron chi connectivity index (χ3n) is 7.04. The van der Waals surface area contributed by atoms with Crippen LogP contribution >= 0.6 is 11.6 Å². The van der Waals surface area contributed by atoms with Crippen molar-refractivity contribution in [2.45, 2.75) is 39.2 Å². The first-order valence-electron chi connectivity index (χ1n) is 12.8. The second-order valence-electron chi connectivity index (χ2n) is 10.6. The van der Waals surface area contributed by atoms with E-state index in [0.29, 0.717) is 42.0 Å². The molecule has 2 aromatic carbocycles. The highest BCUT2D eigenvalue weighted by Gasteiger charge is 2.45. The van der Waals surface area contributed by atoms with Gasteiger partial charge in [-0.2, -0.15) is 5.26 Å².